The highest BCUT2D eigenvalue weighted by molar-refractivity contribution is 7.47. The van der Waals surface area contributed by atoms with E-state index in [1.807, 2.05) is 30.4 Å². The normalized spacial score (nSPS) is 14.9. The molecule has 0 aliphatic heterocycles. The Bertz CT molecular complexity index is 2780. The first-order valence-corrected chi connectivity index (χ1v) is 42.7. The van der Waals surface area contributed by atoms with Crippen molar-refractivity contribution in [2.45, 2.75) is 290 Å². The van der Waals surface area contributed by atoms with Crippen LogP contribution in [-0.2, 0) is 65.4 Å². The smallest absolute Gasteiger partial charge is 0.462 e. The summed E-state index contributed by atoms with van der Waals surface area (Å²) in [7, 11) is -10.0. The van der Waals surface area contributed by atoms with Gasteiger partial charge in [0.25, 0.3) is 0 Å². The number of ether oxygens (including phenoxy) is 4. The van der Waals surface area contributed by atoms with E-state index in [1.54, 1.807) is 0 Å². The second-order valence-corrected chi connectivity index (χ2v) is 28.4. The molecule has 19 heteroatoms. The second kappa shape index (κ2) is 77.1. The summed E-state index contributed by atoms with van der Waals surface area (Å²) in [4.78, 5) is 72.9. The van der Waals surface area contributed by atoms with Crippen molar-refractivity contribution in [2.75, 3.05) is 39.6 Å². The van der Waals surface area contributed by atoms with Crippen LogP contribution in [0.1, 0.15) is 272 Å². The summed E-state index contributed by atoms with van der Waals surface area (Å²) in [5, 5.41) is 10.6. The number of esters is 4. The quantitative estimate of drug-likeness (QED) is 0.0169. The van der Waals surface area contributed by atoms with Gasteiger partial charge in [-0.2, -0.15) is 0 Å². The summed E-state index contributed by atoms with van der Waals surface area (Å²) < 4.78 is 68.4. The first kappa shape index (κ1) is 99.9. The SMILES string of the molecule is CC/C=C\C/C=C\C/C=C\C/C=C\C/C=C\C/C=C\CCC(=O)OCC(COP(=O)(O)OCC(O)COP(=O)(O)OCC(COC(=O)CCC/C=C\C/C=C\C/C=C\C/C=C\C/C=C\CC)OC(=O)CCCCCCCCCCCCC)OC(=O)CCCCC/C=C\C/C=C\C/C=C\C/C=C\C/C=C\CC. The molecule has 5 atom stereocenters. The Labute approximate surface area is 640 Å². The summed E-state index contributed by atoms with van der Waals surface area (Å²) in [6, 6.07) is 0. The van der Waals surface area contributed by atoms with E-state index in [0.717, 1.165) is 141 Å². The molecular weight excluding hydrogens is 1380 g/mol. The zero-order chi connectivity index (χ0) is 77.4. The van der Waals surface area contributed by atoms with E-state index in [1.165, 1.54) is 38.5 Å². The number of phosphoric acid groups is 2. The third-order valence-electron chi connectivity index (χ3n) is 15.6. The van der Waals surface area contributed by atoms with Gasteiger partial charge in [-0.1, -0.05) is 293 Å². The lowest BCUT2D eigenvalue weighted by Gasteiger charge is -2.21. The molecule has 0 bridgehead atoms. The molecule has 0 radical (unpaired) electrons. The van der Waals surface area contributed by atoms with Crippen LogP contribution in [0.3, 0.4) is 0 Å². The molecule has 5 unspecified atom stereocenters. The molecule has 0 aromatic carbocycles. The average molecular weight is 1520 g/mol. The lowest BCUT2D eigenvalue weighted by molar-refractivity contribution is -0.161. The van der Waals surface area contributed by atoms with E-state index in [-0.39, 0.29) is 25.7 Å². The van der Waals surface area contributed by atoms with Crippen molar-refractivity contribution in [1.29, 1.82) is 0 Å². The third kappa shape index (κ3) is 76.1. The molecular formula is C87H138O17P2. The van der Waals surface area contributed by atoms with Crippen LogP contribution >= 0.6 is 15.6 Å². The maximum atomic E-state index is 13.1. The van der Waals surface area contributed by atoms with E-state index >= 15 is 0 Å². The number of phosphoric ester groups is 2. The van der Waals surface area contributed by atoms with E-state index in [9.17, 15) is 43.2 Å². The number of carbonyl (C=O) groups excluding carboxylic acids is 4. The zero-order valence-corrected chi connectivity index (χ0v) is 67.1. The van der Waals surface area contributed by atoms with Crippen LogP contribution in [0.5, 0.6) is 0 Å². The van der Waals surface area contributed by atoms with Gasteiger partial charge in [0.15, 0.2) is 12.2 Å². The van der Waals surface area contributed by atoms with Gasteiger partial charge >= 0.3 is 39.5 Å². The molecule has 0 fully saturated rings. The Balaban J connectivity index is 5.51. The summed E-state index contributed by atoms with van der Waals surface area (Å²) in [6.45, 7) is 4.30. The molecule has 0 aromatic heterocycles. The predicted octanol–water partition coefficient (Wildman–Crippen LogP) is 23.3. The van der Waals surface area contributed by atoms with E-state index in [4.69, 9.17) is 37.0 Å². The van der Waals surface area contributed by atoms with Gasteiger partial charge in [0.2, 0.25) is 0 Å². The van der Waals surface area contributed by atoms with Crippen LogP contribution in [0.2, 0.25) is 0 Å². The number of allylic oxidation sites excluding steroid dienone is 32. The molecule has 0 aliphatic rings. The van der Waals surface area contributed by atoms with E-state index < -0.39 is 97.5 Å². The Morgan fingerprint density at radius 2 is 0.519 bits per heavy atom. The highest BCUT2D eigenvalue weighted by atomic mass is 31.2. The largest absolute Gasteiger partial charge is 0.472 e. The molecule has 0 saturated carbocycles. The van der Waals surface area contributed by atoms with Crippen LogP contribution in [0.15, 0.2) is 194 Å². The van der Waals surface area contributed by atoms with Crippen molar-refractivity contribution in [3.63, 3.8) is 0 Å². The Hall–Kier alpha value is -6.10. The van der Waals surface area contributed by atoms with Crippen molar-refractivity contribution in [1.82, 2.24) is 0 Å². The number of aliphatic hydroxyl groups is 1. The minimum atomic E-state index is -5.02. The van der Waals surface area contributed by atoms with Gasteiger partial charge in [-0.25, -0.2) is 9.13 Å². The molecule has 598 valence electrons. The number of unbranched alkanes of at least 4 members (excludes halogenated alkanes) is 14. The van der Waals surface area contributed by atoms with Gasteiger partial charge < -0.3 is 33.8 Å². The highest BCUT2D eigenvalue weighted by Gasteiger charge is 2.30. The molecule has 106 heavy (non-hydrogen) atoms. The van der Waals surface area contributed by atoms with E-state index in [0.29, 0.717) is 38.5 Å². The minimum Gasteiger partial charge on any atom is -0.462 e. The van der Waals surface area contributed by atoms with Crippen LogP contribution < -0.4 is 0 Å². The number of carbonyl (C=O) groups is 4. The summed E-state index contributed by atoms with van der Waals surface area (Å²) in [5.41, 5.74) is 0. The van der Waals surface area contributed by atoms with Gasteiger partial charge in [-0.3, -0.25) is 37.3 Å². The fourth-order valence-electron chi connectivity index (χ4n) is 9.66. The minimum absolute atomic E-state index is 0.0197. The first-order chi connectivity index (χ1) is 51.7. The van der Waals surface area contributed by atoms with Gasteiger partial charge in [0.1, 0.15) is 19.3 Å². The molecule has 0 saturated heterocycles. The molecule has 0 aromatic rings. The number of rotatable bonds is 72. The topological polar surface area (TPSA) is 237 Å². The lowest BCUT2D eigenvalue weighted by atomic mass is 10.1. The van der Waals surface area contributed by atoms with Crippen molar-refractivity contribution in [2.24, 2.45) is 0 Å². The van der Waals surface area contributed by atoms with Crippen molar-refractivity contribution in [3.05, 3.63) is 194 Å². The number of aliphatic hydroxyl groups excluding tert-OH is 1. The fourth-order valence-corrected chi connectivity index (χ4v) is 11.2. The molecule has 17 nitrogen and oxygen atoms in total. The maximum absolute atomic E-state index is 13.1. The molecule has 0 amide bonds. The standard InChI is InChI=1S/C87H138O17P2/c1-5-9-13-17-21-25-29-32-35-38-40-43-46-49-53-56-60-64-68-72-85(90)98-78-83(104-87(92)74-70-66-62-58-54-50-47-44-41-39-36-33-30-26-22-18-14-10-6-2)80-102-106(95,96)100-76-81(88)75-99-105(93,94)101-79-82(103-86(91)73-69-65-61-57-51-28-24-20-16-12-8-4)77-97-84(89)71-67-63-59-55-52-48-45-42-37-34-31-27-23-19-15-11-7-3/h9-11,13-15,21-23,25-27,32-37,40-41,43-45,48-50,53-55,59-60,64,81-83,88H,5-8,12,16-20,24,28-31,38-39,42,46-47,51-52,56-58,61-63,65-80H2,1-4H3,(H,93,94)(H,95,96)/b13-9-,14-10-,15-11-,25-21-,26-22-,27-23-,35-32-,36-33-,37-34-,43-40-,44-41-,48-45-,53-49-,54-50-,59-55-,64-60-. The number of hydrogen-bond donors (Lipinski definition) is 3. The van der Waals surface area contributed by atoms with Crippen LogP contribution in [0, 0.1) is 0 Å². The molecule has 3 N–H and O–H groups in total. The first-order valence-electron chi connectivity index (χ1n) is 39.7. The maximum Gasteiger partial charge on any atom is 0.472 e. The lowest BCUT2D eigenvalue weighted by Crippen LogP contribution is -2.30. The Kier molecular flexibility index (Phi) is 72.6. The molecule has 0 spiro atoms. The molecule has 0 aliphatic carbocycles. The molecule has 0 rings (SSSR count). The average Bonchev–Trinajstić information content (AvgIpc) is 0.901. The monoisotopic (exact) mass is 1520 g/mol. The van der Waals surface area contributed by atoms with Crippen molar-refractivity contribution >= 4 is 39.5 Å². The van der Waals surface area contributed by atoms with Gasteiger partial charge in [-0.15, -0.1) is 0 Å². The zero-order valence-electron chi connectivity index (χ0n) is 65.3. The third-order valence-corrected chi connectivity index (χ3v) is 17.5. The molecule has 0 heterocycles. The van der Waals surface area contributed by atoms with Crippen molar-refractivity contribution in [3.8, 4) is 0 Å². The summed E-state index contributed by atoms with van der Waals surface area (Å²) in [6.07, 6.45) is 94.4. The predicted molar refractivity (Wildman–Crippen MR) is 436 cm³/mol. The summed E-state index contributed by atoms with van der Waals surface area (Å²) >= 11 is 0. The second-order valence-electron chi connectivity index (χ2n) is 25.5. The fraction of sp³-hybridized carbons (Fsp3) is 0.586. The van der Waals surface area contributed by atoms with Gasteiger partial charge in [0, 0.05) is 25.7 Å². The highest BCUT2D eigenvalue weighted by Crippen LogP contribution is 2.45. The number of hydrogen-bond acceptors (Lipinski definition) is 15. The van der Waals surface area contributed by atoms with Crippen LogP contribution in [-0.4, -0.2) is 96.7 Å². The van der Waals surface area contributed by atoms with Crippen LogP contribution in [0.4, 0.5) is 0 Å². The van der Waals surface area contributed by atoms with Gasteiger partial charge in [-0.05, 0) is 148 Å². The van der Waals surface area contributed by atoms with Crippen LogP contribution in [0.25, 0.3) is 0 Å². The van der Waals surface area contributed by atoms with E-state index in [2.05, 4.69) is 192 Å². The van der Waals surface area contributed by atoms with Gasteiger partial charge in [0.05, 0.1) is 26.4 Å². The van der Waals surface area contributed by atoms with Crippen molar-refractivity contribution < 1.29 is 80.2 Å². The Morgan fingerprint density at radius 3 is 0.840 bits per heavy atom. The Morgan fingerprint density at radius 1 is 0.274 bits per heavy atom. The summed E-state index contributed by atoms with van der Waals surface area (Å²) in [5.74, 6) is -2.40.